The molecule has 3 aromatic carbocycles. The molecule has 0 saturated carbocycles. The lowest BCUT2D eigenvalue weighted by Crippen LogP contribution is -2.29. The minimum atomic E-state index is -3.84. The first-order valence-electron chi connectivity index (χ1n) is 11.4. The van der Waals surface area contributed by atoms with Crippen LogP contribution in [0.15, 0.2) is 77.8 Å². The van der Waals surface area contributed by atoms with Gasteiger partial charge in [0.25, 0.3) is 0 Å². The molecule has 35 heavy (non-hydrogen) atoms. The van der Waals surface area contributed by atoms with E-state index in [2.05, 4.69) is 15.0 Å². The van der Waals surface area contributed by atoms with Gasteiger partial charge in [0.1, 0.15) is 0 Å². The van der Waals surface area contributed by atoms with Crippen LogP contribution < -0.4 is 14.9 Å². The maximum Gasteiger partial charge on any atom is 0.240 e. The molecule has 1 amide bonds. The molecule has 4 aromatic rings. The average Bonchev–Trinajstić information content (AvgIpc) is 3.24. The molecular weight excluding hydrogens is 460 g/mol. The van der Waals surface area contributed by atoms with E-state index in [4.69, 9.17) is 0 Å². The van der Waals surface area contributed by atoms with Crippen molar-refractivity contribution in [2.75, 3.05) is 30.9 Å². The van der Waals surface area contributed by atoms with Crippen LogP contribution in [-0.2, 0) is 14.8 Å². The van der Waals surface area contributed by atoms with Gasteiger partial charge >= 0.3 is 0 Å². The number of H-pyrrole nitrogens is 1. The molecule has 1 unspecified atom stereocenters. The number of hydrogen-bond donors (Lipinski definition) is 3. The minimum Gasteiger partial charge on any atom is -0.378 e. The molecule has 3 N–H and O–H groups in total. The number of aryl methyl sites for hydroxylation is 1. The normalized spacial score (nSPS) is 12.5. The molecule has 0 spiro atoms. The Morgan fingerprint density at radius 1 is 1.03 bits per heavy atom. The Balaban J connectivity index is 1.69. The van der Waals surface area contributed by atoms with E-state index < -0.39 is 10.0 Å². The lowest BCUT2D eigenvalue weighted by Gasteiger charge is -2.20. The largest absolute Gasteiger partial charge is 0.378 e. The number of carbonyl (C=O) groups is 1. The number of amides is 1. The van der Waals surface area contributed by atoms with Crippen molar-refractivity contribution < 1.29 is 13.2 Å². The Kier molecular flexibility index (Phi) is 6.95. The summed E-state index contributed by atoms with van der Waals surface area (Å²) in [7, 11) is 0.130. The van der Waals surface area contributed by atoms with Crippen LogP contribution in [0.2, 0.25) is 0 Å². The third-order valence-corrected chi connectivity index (χ3v) is 7.65. The van der Waals surface area contributed by atoms with Gasteiger partial charge in [-0.1, -0.05) is 36.4 Å². The summed E-state index contributed by atoms with van der Waals surface area (Å²) in [6, 6.07) is 21.0. The highest BCUT2D eigenvalue weighted by Crippen LogP contribution is 2.32. The number of fused-ring (bicyclic) bond motifs is 1. The molecule has 1 atom stereocenters. The Bertz CT molecular complexity index is 1460. The van der Waals surface area contributed by atoms with E-state index in [9.17, 15) is 13.2 Å². The van der Waals surface area contributed by atoms with E-state index in [1.54, 1.807) is 19.1 Å². The number of para-hydroxylation sites is 1. The number of aromatic nitrogens is 1. The highest BCUT2D eigenvalue weighted by Gasteiger charge is 2.23. The number of hydrogen-bond acceptors (Lipinski definition) is 4. The molecule has 7 nitrogen and oxygen atoms in total. The van der Waals surface area contributed by atoms with E-state index in [1.807, 2.05) is 73.7 Å². The molecule has 182 valence electrons. The van der Waals surface area contributed by atoms with Gasteiger partial charge in [0.15, 0.2) is 0 Å². The van der Waals surface area contributed by atoms with Gasteiger partial charge in [-0.25, -0.2) is 13.1 Å². The first kappa shape index (κ1) is 24.5. The number of anilines is 2. The van der Waals surface area contributed by atoms with Gasteiger partial charge < -0.3 is 15.2 Å². The molecule has 0 aliphatic carbocycles. The summed E-state index contributed by atoms with van der Waals surface area (Å²) in [6.07, 6.45) is 1.95. The number of nitrogens with one attached hydrogen (secondary N) is 3. The fraction of sp³-hybridized carbons (Fsp3) is 0.222. The summed E-state index contributed by atoms with van der Waals surface area (Å²) in [5, 5.41) is 3.71. The average molecular weight is 491 g/mol. The van der Waals surface area contributed by atoms with Crippen LogP contribution >= 0.6 is 0 Å². The van der Waals surface area contributed by atoms with Crippen molar-refractivity contribution in [2.24, 2.45) is 0 Å². The molecule has 0 radical (unpaired) electrons. The SMILES string of the molecule is CC(=O)Nc1ccc(C)c(S(=O)(=O)NCC(c2ccc(N(C)C)cc2)c2c[nH]c3ccccc23)c1. The topological polar surface area (TPSA) is 94.3 Å². The molecule has 8 heteroatoms. The van der Waals surface area contributed by atoms with E-state index in [-0.39, 0.29) is 23.3 Å². The van der Waals surface area contributed by atoms with E-state index in [0.29, 0.717) is 11.3 Å². The van der Waals surface area contributed by atoms with Crippen molar-refractivity contribution in [2.45, 2.75) is 24.7 Å². The highest BCUT2D eigenvalue weighted by atomic mass is 32.2. The molecular formula is C27H30N4O3S. The summed E-state index contributed by atoms with van der Waals surface area (Å²) < 4.78 is 29.6. The van der Waals surface area contributed by atoms with Gasteiger partial charge in [-0.2, -0.15) is 0 Å². The van der Waals surface area contributed by atoms with Gasteiger partial charge in [0, 0.05) is 62.0 Å². The minimum absolute atomic E-state index is 0.143. The maximum absolute atomic E-state index is 13.4. The van der Waals surface area contributed by atoms with Crippen LogP contribution in [0.5, 0.6) is 0 Å². The van der Waals surface area contributed by atoms with Crippen molar-refractivity contribution in [3.05, 3.63) is 89.6 Å². The lowest BCUT2D eigenvalue weighted by atomic mass is 9.91. The van der Waals surface area contributed by atoms with Crippen LogP contribution in [0.4, 0.5) is 11.4 Å². The highest BCUT2D eigenvalue weighted by molar-refractivity contribution is 7.89. The third-order valence-electron chi connectivity index (χ3n) is 6.08. The fourth-order valence-corrected chi connectivity index (χ4v) is 5.55. The van der Waals surface area contributed by atoms with Crippen LogP contribution in [0.3, 0.4) is 0 Å². The zero-order valence-corrected chi connectivity index (χ0v) is 21.1. The van der Waals surface area contributed by atoms with Crippen LogP contribution in [0, 0.1) is 6.92 Å². The first-order valence-corrected chi connectivity index (χ1v) is 12.9. The standard InChI is InChI=1S/C27H30N4O3S/c1-18-9-12-21(30-19(2)32)15-27(18)35(33,34)29-17-24(20-10-13-22(14-11-20)31(3)4)25-16-28-26-8-6-5-7-23(25)26/h5-16,24,28-29H,17H2,1-4H3,(H,30,32). The van der Waals surface area contributed by atoms with Crippen LogP contribution in [0.1, 0.15) is 29.5 Å². The molecule has 1 heterocycles. The van der Waals surface area contributed by atoms with Crippen molar-refractivity contribution >= 4 is 38.2 Å². The Hall–Kier alpha value is -3.62. The Morgan fingerprint density at radius 3 is 2.43 bits per heavy atom. The molecule has 0 aliphatic heterocycles. The maximum atomic E-state index is 13.4. The van der Waals surface area contributed by atoms with E-state index >= 15 is 0 Å². The second kappa shape index (κ2) is 9.93. The molecule has 0 fully saturated rings. The number of benzene rings is 3. The van der Waals surface area contributed by atoms with Gasteiger partial charge in [-0.05, 0) is 53.9 Å². The van der Waals surface area contributed by atoms with Crippen molar-refractivity contribution in [1.82, 2.24) is 9.71 Å². The van der Waals surface area contributed by atoms with Gasteiger partial charge in [-0.3, -0.25) is 4.79 Å². The number of rotatable bonds is 8. The predicted molar refractivity (Wildman–Crippen MR) is 142 cm³/mol. The smallest absolute Gasteiger partial charge is 0.240 e. The summed E-state index contributed by atoms with van der Waals surface area (Å²) in [6.45, 7) is 3.30. The lowest BCUT2D eigenvalue weighted by molar-refractivity contribution is -0.114. The third kappa shape index (κ3) is 5.39. The van der Waals surface area contributed by atoms with Crippen LogP contribution in [0.25, 0.3) is 10.9 Å². The molecule has 4 rings (SSSR count). The van der Waals surface area contributed by atoms with E-state index in [1.165, 1.54) is 13.0 Å². The number of carbonyl (C=O) groups excluding carboxylic acids is 1. The first-order chi connectivity index (χ1) is 16.7. The van der Waals surface area contributed by atoms with Gasteiger partial charge in [0.2, 0.25) is 15.9 Å². The van der Waals surface area contributed by atoms with E-state index in [0.717, 1.165) is 27.7 Å². The summed E-state index contributed by atoms with van der Waals surface area (Å²) in [4.78, 5) is 16.9. The second-order valence-corrected chi connectivity index (χ2v) is 10.6. The Labute approximate surface area is 206 Å². The molecule has 0 aliphatic rings. The van der Waals surface area contributed by atoms with Crippen molar-refractivity contribution in [1.29, 1.82) is 0 Å². The molecule has 0 saturated heterocycles. The zero-order chi connectivity index (χ0) is 25.2. The summed E-state index contributed by atoms with van der Waals surface area (Å²) >= 11 is 0. The van der Waals surface area contributed by atoms with Crippen molar-refractivity contribution in [3.63, 3.8) is 0 Å². The summed E-state index contributed by atoms with van der Waals surface area (Å²) in [5.74, 6) is -0.471. The quantitative estimate of drug-likeness (QED) is 0.336. The molecule has 0 bridgehead atoms. The number of nitrogens with zero attached hydrogens (tertiary/aromatic N) is 1. The Morgan fingerprint density at radius 2 is 1.74 bits per heavy atom. The second-order valence-electron chi connectivity index (χ2n) is 8.84. The number of sulfonamides is 1. The van der Waals surface area contributed by atoms with Gasteiger partial charge in [0.05, 0.1) is 4.90 Å². The van der Waals surface area contributed by atoms with Crippen LogP contribution in [-0.4, -0.2) is 39.9 Å². The fourth-order valence-electron chi connectivity index (χ4n) is 4.24. The predicted octanol–water partition coefficient (Wildman–Crippen LogP) is 4.61. The molecule has 1 aromatic heterocycles. The summed E-state index contributed by atoms with van der Waals surface area (Å²) in [5.41, 5.74) is 5.13. The monoisotopic (exact) mass is 490 g/mol. The van der Waals surface area contributed by atoms with Crippen molar-refractivity contribution in [3.8, 4) is 0 Å². The number of aromatic amines is 1. The zero-order valence-electron chi connectivity index (χ0n) is 20.3. The van der Waals surface area contributed by atoms with Gasteiger partial charge in [-0.15, -0.1) is 0 Å².